The minimum Gasteiger partial charge on any atom is -0.466 e. The topological polar surface area (TPSA) is 75.6 Å². The minimum atomic E-state index is -0.708. The number of methoxy groups -OCH3 is 1. The largest absolute Gasteiger partial charge is 0.466 e. The number of hydrogen-bond acceptors (Lipinski definition) is 7. The number of nitrogens with one attached hydrogen (secondary N) is 2. The molecule has 0 radical (unpaired) electrons. The normalized spacial score (nSPS) is 20.2. The van der Waals surface area contributed by atoms with Gasteiger partial charge in [-0.2, -0.15) is 0 Å². The maximum absolute atomic E-state index is 13.7. The number of carbonyl (C=O) groups excluding carboxylic acids is 1. The summed E-state index contributed by atoms with van der Waals surface area (Å²) in [5, 5.41) is 9.48. The smallest absolute Gasteiger partial charge is 0.338 e. The fraction of sp³-hybridized carbons (Fsp3) is 0.350. The van der Waals surface area contributed by atoms with Gasteiger partial charge in [0, 0.05) is 33.8 Å². The number of ether oxygens (including phenoxy) is 1. The van der Waals surface area contributed by atoms with Gasteiger partial charge in [-0.05, 0) is 38.1 Å². The van der Waals surface area contributed by atoms with Crippen LogP contribution in [0, 0.1) is 11.7 Å². The molecule has 3 heterocycles. The maximum Gasteiger partial charge on any atom is 0.338 e. The number of piperidine rings is 1. The van der Waals surface area contributed by atoms with Crippen LogP contribution in [0.4, 0.5) is 4.39 Å². The van der Waals surface area contributed by atoms with E-state index in [0.29, 0.717) is 22.0 Å². The number of halogens is 2. The molecule has 0 aliphatic carbocycles. The van der Waals surface area contributed by atoms with Gasteiger partial charge in [-0.1, -0.05) is 17.7 Å². The standard InChI is InChI=1S/C20H20ClFN4O2S/c1-28-20(27)15-16(11-4-6-23-7-5-11)25-18(19-24-8-9-29-19)26-17(15)13-3-2-12(22)10-14(13)21/h2-3,8-11,17,23H,4-7H2,1H3,(H,25,26)/t17-/m1/s1. The predicted molar refractivity (Wildman–Crippen MR) is 111 cm³/mol. The van der Waals surface area contributed by atoms with Crippen LogP contribution in [0.5, 0.6) is 0 Å². The fourth-order valence-corrected chi connectivity index (χ4v) is 4.59. The van der Waals surface area contributed by atoms with E-state index < -0.39 is 17.8 Å². The number of carbonyl (C=O) groups is 1. The Hall–Kier alpha value is -2.29. The van der Waals surface area contributed by atoms with Gasteiger partial charge in [-0.3, -0.25) is 4.99 Å². The quantitative estimate of drug-likeness (QED) is 0.721. The van der Waals surface area contributed by atoms with E-state index in [0.717, 1.165) is 31.6 Å². The van der Waals surface area contributed by atoms with E-state index in [1.54, 1.807) is 12.3 Å². The van der Waals surface area contributed by atoms with Gasteiger partial charge < -0.3 is 15.4 Å². The molecule has 0 spiro atoms. The van der Waals surface area contributed by atoms with Gasteiger partial charge in [0.25, 0.3) is 0 Å². The lowest BCUT2D eigenvalue weighted by molar-refractivity contribution is -0.136. The van der Waals surface area contributed by atoms with Crippen molar-refractivity contribution in [1.82, 2.24) is 15.6 Å². The van der Waals surface area contributed by atoms with E-state index in [4.69, 9.17) is 21.3 Å². The molecule has 29 heavy (non-hydrogen) atoms. The molecule has 2 aromatic rings. The number of aliphatic imine (C=N–C) groups is 1. The Kier molecular flexibility index (Phi) is 5.94. The first-order valence-corrected chi connectivity index (χ1v) is 10.6. The number of benzene rings is 1. The lowest BCUT2D eigenvalue weighted by Crippen LogP contribution is -2.40. The third-order valence-corrected chi connectivity index (χ3v) is 6.23. The van der Waals surface area contributed by atoms with Crippen LogP contribution in [-0.2, 0) is 9.53 Å². The molecule has 0 bridgehead atoms. The van der Waals surface area contributed by atoms with Crippen molar-refractivity contribution in [2.24, 2.45) is 10.9 Å². The van der Waals surface area contributed by atoms with E-state index in [9.17, 15) is 9.18 Å². The van der Waals surface area contributed by atoms with Crippen LogP contribution in [0.25, 0.3) is 0 Å². The SMILES string of the molecule is COC(=O)C1=C(C2CCNCC2)NC(c2nccs2)=N[C@@H]1c1ccc(F)cc1Cl. The van der Waals surface area contributed by atoms with Gasteiger partial charge >= 0.3 is 5.97 Å². The fourth-order valence-electron chi connectivity index (χ4n) is 3.73. The number of aromatic nitrogens is 1. The molecule has 2 aliphatic heterocycles. The Morgan fingerprint density at radius 1 is 1.34 bits per heavy atom. The van der Waals surface area contributed by atoms with Crippen molar-refractivity contribution in [3.05, 3.63) is 62.5 Å². The molecule has 1 saturated heterocycles. The van der Waals surface area contributed by atoms with E-state index in [2.05, 4.69) is 15.6 Å². The summed E-state index contributed by atoms with van der Waals surface area (Å²) in [6.07, 6.45) is 3.45. The number of nitrogens with zero attached hydrogens (tertiary/aromatic N) is 2. The Bertz CT molecular complexity index is 971. The molecule has 4 rings (SSSR count). The molecule has 1 fully saturated rings. The van der Waals surface area contributed by atoms with Crippen molar-refractivity contribution in [2.75, 3.05) is 20.2 Å². The molecular formula is C20H20ClFN4O2S. The van der Waals surface area contributed by atoms with E-state index in [1.807, 2.05) is 5.38 Å². The molecule has 0 saturated carbocycles. The van der Waals surface area contributed by atoms with Crippen molar-refractivity contribution in [1.29, 1.82) is 0 Å². The van der Waals surface area contributed by atoms with Crippen molar-refractivity contribution in [2.45, 2.75) is 18.9 Å². The second-order valence-electron chi connectivity index (χ2n) is 6.85. The monoisotopic (exact) mass is 434 g/mol. The molecule has 152 valence electrons. The number of rotatable bonds is 4. The average molecular weight is 435 g/mol. The van der Waals surface area contributed by atoms with Crippen LogP contribution in [0.2, 0.25) is 5.02 Å². The molecule has 0 amide bonds. The zero-order chi connectivity index (χ0) is 20.4. The third kappa shape index (κ3) is 4.05. The van der Waals surface area contributed by atoms with Crippen LogP contribution in [-0.4, -0.2) is 37.0 Å². The number of allylic oxidation sites excluding steroid dienone is 1. The Morgan fingerprint density at radius 2 is 2.14 bits per heavy atom. The highest BCUT2D eigenvalue weighted by atomic mass is 35.5. The molecule has 9 heteroatoms. The summed E-state index contributed by atoms with van der Waals surface area (Å²) >= 11 is 7.80. The second kappa shape index (κ2) is 8.61. The third-order valence-electron chi connectivity index (χ3n) is 5.12. The van der Waals surface area contributed by atoms with Gasteiger partial charge in [0.1, 0.15) is 11.9 Å². The molecule has 0 unspecified atom stereocenters. The van der Waals surface area contributed by atoms with E-state index in [-0.39, 0.29) is 10.9 Å². The first kappa shape index (κ1) is 20.0. The summed E-state index contributed by atoms with van der Waals surface area (Å²) in [7, 11) is 1.35. The Morgan fingerprint density at radius 3 is 2.79 bits per heavy atom. The first-order chi connectivity index (χ1) is 14.1. The molecule has 2 aliphatic rings. The van der Waals surface area contributed by atoms with Gasteiger partial charge in [0.15, 0.2) is 10.8 Å². The van der Waals surface area contributed by atoms with Gasteiger partial charge in [0.05, 0.1) is 12.7 Å². The van der Waals surface area contributed by atoms with Crippen LogP contribution >= 0.6 is 22.9 Å². The first-order valence-electron chi connectivity index (χ1n) is 9.31. The average Bonchev–Trinajstić information content (AvgIpc) is 3.28. The minimum absolute atomic E-state index is 0.137. The zero-order valence-corrected chi connectivity index (χ0v) is 17.3. The number of hydrogen-bond donors (Lipinski definition) is 2. The molecule has 6 nitrogen and oxygen atoms in total. The number of thiazole rings is 1. The van der Waals surface area contributed by atoms with Gasteiger partial charge in [-0.25, -0.2) is 14.2 Å². The molecule has 1 aromatic heterocycles. The van der Waals surface area contributed by atoms with Crippen molar-refractivity contribution in [3.8, 4) is 0 Å². The maximum atomic E-state index is 13.7. The Balaban J connectivity index is 1.88. The number of esters is 1. The van der Waals surface area contributed by atoms with Crippen LogP contribution in [0.3, 0.4) is 0 Å². The van der Waals surface area contributed by atoms with Gasteiger partial charge in [-0.15, -0.1) is 11.3 Å². The highest BCUT2D eigenvalue weighted by Crippen LogP contribution is 2.39. The van der Waals surface area contributed by atoms with E-state index in [1.165, 1.54) is 30.6 Å². The lowest BCUT2D eigenvalue weighted by atomic mass is 9.86. The van der Waals surface area contributed by atoms with E-state index >= 15 is 0 Å². The summed E-state index contributed by atoms with van der Waals surface area (Å²) in [6, 6.07) is 3.41. The van der Waals surface area contributed by atoms with Crippen molar-refractivity contribution < 1.29 is 13.9 Å². The van der Waals surface area contributed by atoms with Crippen LogP contribution in [0.1, 0.15) is 29.5 Å². The van der Waals surface area contributed by atoms with Crippen molar-refractivity contribution >= 4 is 34.7 Å². The highest BCUT2D eigenvalue weighted by molar-refractivity contribution is 7.11. The second-order valence-corrected chi connectivity index (χ2v) is 8.15. The van der Waals surface area contributed by atoms with Gasteiger partial charge in [0.2, 0.25) is 0 Å². The summed E-state index contributed by atoms with van der Waals surface area (Å²) in [5.41, 5.74) is 1.74. The molecular weight excluding hydrogens is 415 g/mol. The van der Waals surface area contributed by atoms with Crippen molar-refractivity contribution in [3.63, 3.8) is 0 Å². The van der Waals surface area contributed by atoms with Crippen LogP contribution < -0.4 is 10.6 Å². The highest BCUT2D eigenvalue weighted by Gasteiger charge is 2.36. The zero-order valence-electron chi connectivity index (χ0n) is 15.7. The predicted octanol–water partition coefficient (Wildman–Crippen LogP) is 3.45. The summed E-state index contributed by atoms with van der Waals surface area (Å²) in [6.45, 7) is 1.71. The Labute approximate surface area is 176 Å². The summed E-state index contributed by atoms with van der Waals surface area (Å²) < 4.78 is 18.8. The summed E-state index contributed by atoms with van der Waals surface area (Å²) in [5.74, 6) is -0.207. The molecule has 2 N–H and O–H groups in total. The summed E-state index contributed by atoms with van der Waals surface area (Å²) in [4.78, 5) is 21.9. The number of amidine groups is 1. The molecule has 1 atom stereocenters. The molecule has 1 aromatic carbocycles. The lowest BCUT2D eigenvalue weighted by Gasteiger charge is -2.33. The van der Waals surface area contributed by atoms with Crippen LogP contribution in [0.15, 0.2) is 46.0 Å².